The number of aliphatic imine (C=N–C) groups is 1. The third-order valence-electron chi connectivity index (χ3n) is 4.69. The average Bonchev–Trinajstić information content (AvgIpc) is 3.11. The van der Waals surface area contributed by atoms with Crippen LogP contribution in [0.3, 0.4) is 0 Å². The number of ether oxygens (including phenoxy) is 2. The van der Waals surface area contributed by atoms with E-state index in [2.05, 4.69) is 4.99 Å². The summed E-state index contributed by atoms with van der Waals surface area (Å²) in [7, 11) is 0. The summed E-state index contributed by atoms with van der Waals surface area (Å²) in [6.07, 6.45) is 1.61. The number of nitrogens with zero attached hydrogens (tertiary/aromatic N) is 1. The van der Waals surface area contributed by atoms with Gasteiger partial charge in [0.2, 0.25) is 5.90 Å². The SMILES string of the molecule is Cc1cccc(C(=O)Oc2ccc(/C=C3\N=C(c4ccc(C)c(Cl)c4)OC3=O)cc2)c1. The van der Waals surface area contributed by atoms with Crippen molar-refractivity contribution in [2.24, 2.45) is 4.99 Å². The van der Waals surface area contributed by atoms with Crippen LogP contribution in [0.25, 0.3) is 6.08 Å². The number of rotatable bonds is 4. The topological polar surface area (TPSA) is 65.0 Å². The minimum atomic E-state index is -0.540. The molecule has 5 nitrogen and oxygen atoms in total. The number of aryl methyl sites for hydroxylation is 2. The lowest BCUT2D eigenvalue weighted by Crippen LogP contribution is -2.08. The minimum absolute atomic E-state index is 0.177. The summed E-state index contributed by atoms with van der Waals surface area (Å²) < 4.78 is 10.7. The maximum Gasteiger partial charge on any atom is 0.363 e. The minimum Gasteiger partial charge on any atom is -0.423 e. The van der Waals surface area contributed by atoms with Gasteiger partial charge < -0.3 is 9.47 Å². The van der Waals surface area contributed by atoms with Crippen molar-refractivity contribution >= 4 is 35.5 Å². The summed E-state index contributed by atoms with van der Waals surface area (Å²) in [6, 6.07) is 19.3. The maximum atomic E-state index is 12.3. The molecule has 3 aromatic carbocycles. The van der Waals surface area contributed by atoms with Gasteiger partial charge in [-0.1, -0.05) is 47.5 Å². The lowest BCUT2D eigenvalue weighted by molar-refractivity contribution is -0.129. The highest BCUT2D eigenvalue weighted by Crippen LogP contribution is 2.23. The van der Waals surface area contributed by atoms with Crippen LogP contribution in [0.2, 0.25) is 5.02 Å². The van der Waals surface area contributed by atoms with Crippen LogP contribution in [-0.2, 0) is 9.53 Å². The second kappa shape index (κ2) is 8.58. The van der Waals surface area contributed by atoms with Crippen molar-refractivity contribution in [1.29, 1.82) is 0 Å². The van der Waals surface area contributed by atoms with Crippen molar-refractivity contribution in [3.05, 3.63) is 105 Å². The van der Waals surface area contributed by atoms with Gasteiger partial charge in [0, 0.05) is 10.6 Å². The van der Waals surface area contributed by atoms with Crippen molar-refractivity contribution in [3.8, 4) is 5.75 Å². The highest BCUT2D eigenvalue weighted by Gasteiger charge is 2.24. The summed E-state index contributed by atoms with van der Waals surface area (Å²) in [5, 5.41) is 0.574. The molecule has 154 valence electrons. The van der Waals surface area contributed by atoms with E-state index in [0.29, 0.717) is 27.5 Å². The van der Waals surface area contributed by atoms with E-state index in [1.54, 1.807) is 60.7 Å². The van der Waals surface area contributed by atoms with Crippen LogP contribution in [0, 0.1) is 13.8 Å². The van der Waals surface area contributed by atoms with Crippen molar-refractivity contribution in [2.75, 3.05) is 0 Å². The molecule has 3 aromatic rings. The number of benzene rings is 3. The fourth-order valence-electron chi connectivity index (χ4n) is 2.99. The Morgan fingerprint density at radius 2 is 1.81 bits per heavy atom. The van der Waals surface area contributed by atoms with Gasteiger partial charge in [-0.2, -0.15) is 0 Å². The van der Waals surface area contributed by atoms with Gasteiger partial charge >= 0.3 is 11.9 Å². The Balaban J connectivity index is 1.50. The molecule has 0 saturated heterocycles. The maximum absolute atomic E-state index is 12.3. The third-order valence-corrected chi connectivity index (χ3v) is 5.09. The number of hydrogen-bond acceptors (Lipinski definition) is 5. The Bertz CT molecular complexity index is 1240. The number of halogens is 1. The highest BCUT2D eigenvalue weighted by atomic mass is 35.5. The predicted molar refractivity (Wildman–Crippen MR) is 119 cm³/mol. The molecule has 0 aromatic heterocycles. The number of carbonyl (C=O) groups is 2. The molecule has 4 rings (SSSR count). The normalized spacial score (nSPS) is 14.4. The van der Waals surface area contributed by atoms with Crippen LogP contribution >= 0.6 is 11.6 Å². The zero-order valence-electron chi connectivity index (χ0n) is 16.9. The van der Waals surface area contributed by atoms with Gasteiger partial charge in [-0.25, -0.2) is 14.6 Å². The van der Waals surface area contributed by atoms with Gasteiger partial charge in [0.05, 0.1) is 5.56 Å². The smallest absolute Gasteiger partial charge is 0.363 e. The molecular weight excluding hydrogens is 414 g/mol. The number of esters is 2. The Kier molecular flexibility index (Phi) is 5.69. The fourth-order valence-corrected chi connectivity index (χ4v) is 3.17. The summed E-state index contributed by atoms with van der Waals surface area (Å²) in [5.74, 6) is -0.357. The van der Waals surface area contributed by atoms with Crippen molar-refractivity contribution in [2.45, 2.75) is 13.8 Å². The van der Waals surface area contributed by atoms with Crippen LogP contribution in [0.1, 0.15) is 32.6 Å². The Hall–Kier alpha value is -3.70. The van der Waals surface area contributed by atoms with Gasteiger partial charge in [-0.15, -0.1) is 0 Å². The molecule has 0 aliphatic carbocycles. The number of cyclic esters (lactones) is 1. The monoisotopic (exact) mass is 431 g/mol. The Morgan fingerprint density at radius 3 is 2.52 bits per heavy atom. The second-order valence-corrected chi connectivity index (χ2v) is 7.54. The first-order valence-corrected chi connectivity index (χ1v) is 9.95. The molecular formula is C25H18ClNO4. The quantitative estimate of drug-likeness (QED) is 0.310. The van der Waals surface area contributed by atoms with Crippen molar-refractivity contribution in [3.63, 3.8) is 0 Å². The first-order valence-electron chi connectivity index (χ1n) is 9.57. The van der Waals surface area contributed by atoms with Crippen LogP contribution in [-0.4, -0.2) is 17.8 Å². The predicted octanol–water partition coefficient (Wildman–Crippen LogP) is 5.52. The lowest BCUT2D eigenvalue weighted by Gasteiger charge is -2.05. The first-order chi connectivity index (χ1) is 14.9. The molecule has 6 heteroatoms. The molecule has 0 spiro atoms. The van der Waals surface area contributed by atoms with E-state index in [1.165, 1.54) is 0 Å². The van der Waals surface area contributed by atoms with E-state index in [-0.39, 0.29) is 11.6 Å². The van der Waals surface area contributed by atoms with Crippen LogP contribution < -0.4 is 4.74 Å². The van der Waals surface area contributed by atoms with Gasteiger partial charge in [0.1, 0.15) is 5.75 Å². The van der Waals surface area contributed by atoms with Gasteiger partial charge in [-0.05, 0) is 67.4 Å². The zero-order valence-corrected chi connectivity index (χ0v) is 17.6. The highest BCUT2D eigenvalue weighted by molar-refractivity contribution is 6.31. The molecule has 0 N–H and O–H groups in total. The summed E-state index contributed by atoms with van der Waals surface area (Å²) in [6.45, 7) is 3.80. The van der Waals surface area contributed by atoms with Gasteiger partial charge in [0.15, 0.2) is 5.70 Å². The molecule has 0 radical (unpaired) electrons. The van der Waals surface area contributed by atoms with E-state index >= 15 is 0 Å². The molecule has 0 atom stereocenters. The number of hydrogen-bond donors (Lipinski definition) is 0. The van der Waals surface area contributed by atoms with E-state index < -0.39 is 11.9 Å². The van der Waals surface area contributed by atoms with Gasteiger partial charge in [-0.3, -0.25) is 0 Å². The van der Waals surface area contributed by atoms with Crippen LogP contribution in [0.4, 0.5) is 0 Å². The molecule has 0 saturated carbocycles. The van der Waals surface area contributed by atoms with Gasteiger partial charge in [0.25, 0.3) is 0 Å². The van der Waals surface area contributed by atoms with Crippen LogP contribution in [0.5, 0.6) is 5.75 Å². The molecule has 0 amide bonds. The van der Waals surface area contributed by atoms with Crippen LogP contribution in [0.15, 0.2) is 77.4 Å². The summed E-state index contributed by atoms with van der Waals surface area (Å²) in [5.41, 5.74) is 3.91. The number of carbonyl (C=O) groups excluding carboxylic acids is 2. The summed E-state index contributed by atoms with van der Waals surface area (Å²) in [4.78, 5) is 28.8. The summed E-state index contributed by atoms with van der Waals surface area (Å²) >= 11 is 6.15. The lowest BCUT2D eigenvalue weighted by atomic mass is 10.1. The molecule has 1 aliphatic rings. The van der Waals surface area contributed by atoms with E-state index in [4.69, 9.17) is 21.1 Å². The standard InChI is InChI=1S/C25H18ClNO4/c1-15-4-3-5-19(12-15)24(28)30-20-10-7-17(8-11-20)13-22-25(29)31-23(27-22)18-9-6-16(2)21(26)14-18/h3-14H,1-2H3/b22-13-. The zero-order chi connectivity index (χ0) is 22.0. The van der Waals surface area contributed by atoms with E-state index in [0.717, 1.165) is 11.1 Å². The molecule has 0 bridgehead atoms. The Labute approximate surface area is 184 Å². The largest absolute Gasteiger partial charge is 0.423 e. The second-order valence-electron chi connectivity index (χ2n) is 7.13. The van der Waals surface area contributed by atoms with E-state index in [9.17, 15) is 9.59 Å². The average molecular weight is 432 g/mol. The first kappa shape index (κ1) is 20.6. The van der Waals surface area contributed by atoms with Crippen molar-refractivity contribution < 1.29 is 19.1 Å². The fraction of sp³-hybridized carbons (Fsp3) is 0.0800. The molecule has 0 fully saturated rings. The van der Waals surface area contributed by atoms with E-state index in [1.807, 2.05) is 26.0 Å². The Morgan fingerprint density at radius 1 is 1.03 bits per heavy atom. The van der Waals surface area contributed by atoms with Crippen molar-refractivity contribution in [1.82, 2.24) is 0 Å². The third kappa shape index (κ3) is 4.73. The molecule has 31 heavy (non-hydrogen) atoms. The molecule has 0 unspecified atom stereocenters. The molecule has 1 heterocycles. The molecule has 1 aliphatic heterocycles.